The topological polar surface area (TPSA) is 52.5 Å². The van der Waals surface area contributed by atoms with E-state index < -0.39 is 0 Å². The number of aryl methyl sites for hydroxylation is 1. The van der Waals surface area contributed by atoms with E-state index in [0.29, 0.717) is 17.5 Å². The lowest BCUT2D eigenvalue weighted by atomic mass is 10.0. The van der Waals surface area contributed by atoms with Gasteiger partial charge < -0.3 is 15.5 Å². The van der Waals surface area contributed by atoms with Gasteiger partial charge in [0, 0.05) is 12.1 Å². The van der Waals surface area contributed by atoms with Crippen LogP contribution in [0.4, 0.5) is 0 Å². The van der Waals surface area contributed by atoms with Gasteiger partial charge in [0.25, 0.3) is 0 Å². The fourth-order valence-electron chi connectivity index (χ4n) is 2.42. The van der Waals surface area contributed by atoms with E-state index in [9.17, 15) is 10.2 Å². The standard InChI is InChI=1S/C18H23NO2/c1-13(3-4-15-5-9-17(20)10-6-15)19-14(2)16-7-11-18(21)12-8-16/h5-14,19-21H,3-4H2,1-2H3. The van der Waals surface area contributed by atoms with E-state index in [4.69, 9.17) is 0 Å². The van der Waals surface area contributed by atoms with Gasteiger partial charge in [-0.05, 0) is 62.1 Å². The first-order valence-corrected chi connectivity index (χ1v) is 7.37. The van der Waals surface area contributed by atoms with Crippen molar-refractivity contribution < 1.29 is 10.2 Å². The molecule has 2 rings (SSSR count). The van der Waals surface area contributed by atoms with Gasteiger partial charge >= 0.3 is 0 Å². The molecule has 0 radical (unpaired) electrons. The summed E-state index contributed by atoms with van der Waals surface area (Å²) in [6, 6.07) is 15.3. The minimum Gasteiger partial charge on any atom is -0.508 e. The van der Waals surface area contributed by atoms with Crippen molar-refractivity contribution in [1.29, 1.82) is 0 Å². The van der Waals surface area contributed by atoms with Crippen LogP contribution in [0.5, 0.6) is 11.5 Å². The zero-order valence-corrected chi connectivity index (χ0v) is 12.6. The van der Waals surface area contributed by atoms with E-state index in [1.807, 2.05) is 24.3 Å². The van der Waals surface area contributed by atoms with Gasteiger partial charge in [0.1, 0.15) is 11.5 Å². The van der Waals surface area contributed by atoms with E-state index in [1.165, 1.54) is 11.1 Å². The Balaban J connectivity index is 1.82. The van der Waals surface area contributed by atoms with Crippen molar-refractivity contribution in [3.8, 4) is 11.5 Å². The summed E-state index contributed by atoms with van der Waals surface area (Å²) in [4.78, 5) is 0. The molecule has 21 heavy (non-hydrogen) atoms. The molecule has 0 aliphatic heterocycles. The van der Waals surface area contributed by atoms with Crippen molar-refractivity contribution in [3.05, 3.63) is 59.7 Å². The lowest BCUT2D eigenvalue weighted by Gasteiger charge is -2.20. The Kier molecular flexibility index (Phi) is 5.23. The summed E-state index contributed by atoms with van der Waals surface area (Å²) in [5, 5.41) is 22.1. The van der Waals surface area contributed by atoms with Gasteiger partial charge in [0.2, 0.25) is 0 Å². The van der Waals surface area contributed by atoms with E-state index in [0.717, 1.165) is 12.8 Å². The van der Waals surface area contributed by atoms with E-state index in [1.54, 1.807) is 24.3 Å². The molecule has 2 unspecified atom stereocenters. The first-order valence-electron chi connectivity index (χ1n) is 7.37. The molecule has 0 fully saturated rings. The third-order valence-electron chi connectivity index (χ3n) is 3.73. The molecule has 0 heterocycles. The summed E-state index contributed by atoms with van der Waals surface area (Å²) in [6.45, 7) is 4.31. The number of phenolic OH excluding ortho intramolecular Hbond substituents is 2. The normalized spacial score (nSPS) is 13.8. The summed E-state index contributed by atoms with van der Waals surface area (Å²) in [5.74, 6) is 0.609. The van der Waals surface area contributed by atoms with Crippen molar-refractivity contribution in [2.24, 2.45) is 0 Å². The number of hydrogen-bond acceptors (Lipinski definition) is 3. The van der Waals surface area contributed by atoms with Crippen LogP contribution in [0.2, 0.25) is 0 Å². The van der Waals surface area contributed by atoms with Gasteiger partial charge in [-0.25, -0.2) is 0 Å². The first kappa shape index (κ1) is 15.4. The average Bonchev–Trinajstić information content (AvgIpc) is 2.47. The van der Waals surface area contributed by atoms with Crippen LogP contribution in [-0.4, -0.2) is 16.3 Å². The van der Waals surface area contributed by atoms with Crippen LogP contribution in [0.3, 0.4) is 0 Å². The van der Waals surface area contributed by atoms with Gasteiger partial charge in [-0.1, -0.05) is 24.3 Å². The number of aromatic hydroxyl groups is 2. The molecule has 2 aromatic rings. The third kappa shape index (κ3) is 4.80. The SMILES string of the molecule is CC(CCc1ccc(O)cc1)NC(C)c1ccc(O)cc1. The van der Waals surface area contributed by atoms with E-state index >= 15 is 0 Å². The Morgan fingerprint density at radius 1 is 0.857 bits per heavy atom. The molecular weight excluding hydrogens is 262 g/mol. The average molecular weight is 285 g/mol. The van der Waals surface area contributed by atoms with Crippen molar-refractivity contribution >= 4 is 0 Å². The lowest BCUT2D eigenvalue weighted by molar-refractivity contribution is 0.453. The maximum Gasteiger partial charge on any atom is 0.115 e. The number of benzene rings is 2. The second-order valence-corrected chi connectivity index (χ2v) is 5.59. The predicted molar refractivity (Wildman–Crippen MR) is 85.5 cm³/mol. The van der Waals surface area contributed by atoms with Gasteiger partial charge in [-0.2, -0.15) is 0 Å². The first-order chi connectivity index (χ1) is 10.0. The maximum absolute atomic E-state index is 9.31. The third-order valence-corrected chi connectivity index (χ3v) is 3.73. The van der Waals surface area contributed by atoms with Crippen LogP contribution in [0.15, 0.2) is 48.5 Å². The Morgan fingerprint density at radius 2 is 1.38 bits per heavy atom. The molecule has 0 spiro atoms. The van der Waals surface area contributed by atoms with Crippen LogP contribution in [0.1, 0.15) is 37.4 Å². The highest BCUT2D eigenvalue weighted by Gasteiger charge is 2.09. The summed E-state index contributed by atoms with van der Waals surface area (Å²) in [5.41, 5.74) is 2.41. The van der Waals surface area contributed by atoms with Crippen molar-refractivity contribution in [3.63, 3.8) is 0 Å². The Bertz CT molecular complexity index is 548. The Morgan fingerprint density at radius 3 is 1.95 bits per heavy atom. The summed E-state index contributed by atoms with van der Waals surface area (Å²) in [7, 11) is 0. The largest absolute Gasteiger partial charge is 0.508 e. The zero-order chi connectivity index (χ0) is 15.2. The molecule has 3 N–H and O–H groups in total. The summed E-state index contributed by atoms with van der Waals surface area (Å²) >= 11 is 0. The second-order valence-electron chi connectivity index (χ2n) is 5.59. The maximum atomic E-state index is 9.31. The monoisotopic (exact) mass is 285 g/mol. The van der Waals surface area contributed by atoms with Crippen LogP contribution >= 0.6 is 0 Å². The smallest absolute Gasteiger partial charge is 0.115 e. The molecule has 0 aliphatic carbocycles. The van der Waals surface area contributed by atoms with Crippen LogP contribution in [0, 0.1) is 0 Å². The fourth-order valence-corrected chi connectivity index (χ4v) is 2.42. The minimum absolute atomic E-state index is 0.250. The number of phenols is 2. The highest BCUT2D eigenvalue weighted by Crippen LogP contribution is 2.18. The highest BCUT2D eigenvalue weighted by atomic mass is 16.3. The minimum atomic E-state index is 0.250. The Hall–Kier alpha value is -2.00. The van der Waals surface area contributed by atoms with E-state index in [-0.39, 0.29) is 6.04 Å². The number of nitrogens with one attached hydrogen (secondary N) is 1. The molecule has 0 aliphatic rings. The molecule has 0 bridgehead atoms. The summed E-state index contributed by atoms with van der Waals surface area (Å²) in [6.07, 6.45) is 2.02. The molecule has 2 atom stereocenters. The fraction of sp³-hybridized carbons (Fsp3) is 0.333. The Labute approximate surface area is 126 Å². The molecule has 3 heteroatoms. The predicted octanol–water partition coefficient (Wildman–Crippen LogP) is 3.77. The van der Waals surface area contributed by atoms with Gasteiger partial charge in [-0.15, -0.1) is 0 Å². The van der Waals surface area contributed by atoms with Crippen LogP contribution < -0.4 is 5.32 Å². The lowest BCUT2D eigenvalue weighted by Crippen LogP contribution is -2.29. The van der Waals surface area contributed by atoms with Gasteiger partial charge in [0.15, 0.2) is 0 Å². The van der Waals surface area contributed by atoms with Gasteiger partial charge in [-0.3, -0.25) is 0 Å². The number of rotatable bonds is 6. The molecule has 0 aromatic heterocycles. The molecule has 0 saturated heterocycles. The molecule has 112 valence electrons. The zero-order valence-electron chi connectivity index (χ0n) is 12.6. The molecular formula is C18H23NO2. The van der Waals surface area contributed by atoms with Crippen molar-refractivity contribution in [1.82, 2.24) is 5.32 Å². The highest BCUT2D eigenvalue weighted by molar-refractivity contribution is 5.28. The summed E-state index contributed by atoms with van der Waals surface area (Å²) < 4.78 is 0. The second kappa shape index (κ2) is 7.14. The molecule has 0 saturated carbocycles. The van der Waals surface area contributed by atoms with Gasteiger partial charge in [0.05, 0.1) is 0 Å². The van der Waals surface area contributed by atoms with Crippen LogP contribution in [0.25, 0.3) is 0 Å². The molecule has 3 nitrogen and oxygen atoms in total. The van der Waals surface area contributed by atoms with Crippen molar-refractivity contribution in [2.45, 2.75) is 38.8 Å². The van der Waals surface area contributed by atoms with Crippen LogP contribution in [-0.2, 0) is 6.42 Å². The quantitative estimate of drug-likeness (QED) is 0.757. The molecule has 2 aromatic carbocycles. The molecule has 0 amide bonds. The van der Waals surface area contributed by atoms with E-state index in [2.05, 4.69) is 19.2 Å². The van der Waals surface area contributed by atoms with Crippen molar-refractivity contribution in [2.75, 3.05) is 0 Å². The number of hydrogen-bond donors (Lipinski definition) is 3.